The highest BCUT2D eigenvalue weighted by molar-refractivity contribution is 7.92. The molecule has 0 radical (unpaired) electrons. The van der Waals surface area contributed by atoms with Crippen molar-refractivity contribution in [3.8, 4) is 0 Å². The second-order valence-electron chi connectivity index (χ2n) is 11.7. The van der Waals surface area contributed by atoms with Crippen LogP contribution in [0.2, 0.25) is 5.02 Å². The fourth-order valence-electron chi connectivity index (χ4n) is 5.83. The molecule has 0 spiro atoms. The molecule has 4 rings (SSSR count). The van der Waals surface area contributed by atoms with Crippen LogP contribution in [0.1, 0.15) is 68.6 Å². The Morgan fingerprint density at radius 3 is 2.23 bits per heavy atom. The maximum absolute atomic E-state index is 14.1. The van der Waals surface area contributed by atoms with Gasteiger partial charge in [0, 0.05) is 37.0 Å². The number of hydrogen-bond acceptors (Lipinski definition) is 4. The average Bonchev–Trinajstić information content (AvgIpc) is 3.01. The highest BCUT2D eigenvalue weighted by atomic mass is 35.5. The quantitative estimate of drug-likeness (QED) is 0.218. The standard InChI is InChI=1S/C35H44ClN3O4S/c1-3-27-19-21-32(22-20-27)39(44(2,42)43)23-11-18-34(40)38(26-29-14-10-15-30(36)24-29)33(25-28-12-6-4-7-13-28)35(41)37-31-16-8-5-9-17-31/h4,6-7,10,12-15,19-22,24,31,33H,3,5,8-9,11,16-18,23,25-26H2,1-2H3,(H,37,41)/t33-/m1/s1. The minimum Gasteiger partial charge on any atom is -0.352 e. The van der Waals surface area contributed by atoms with E-state index in [9.17, 15) is 18.0 Å². The van der Waals surface area contributed by atoms with Crippen molar-refractivity contribution in [1.29, 1.82) is 0 Å². The van der Waals surface area contributed by atoms with E-state index in [-0.39, 0.29) is 37.4 Å². The molecule has 0 unspecified atom stereocenters. The highest BCUT2D eigenvalue weighted by Gasteiger charge is 2.32. The number of halogens is 1. The second-order valence-corrected chi connectivity index (χ2v) is 14.0. The molecule has 44 heavy (non-hydrogen) atoms. The van der Waals surface area contributed by atoms with Gasteiger partial charge in [-0.3, -0.25) is 13.9 Å². The number of hydrogen-bond donors (Lipinski definition) is 1. The Bertz CT molecular complexity index is 1480. The molecule has 1 fully saturated rings. The number of carbonyl (C=O) groups is 2. The minimum atomic E-state index is -3.57. The molecule has 1 saturated carbocycles. The largest absolute Gasteiger partial charge is 0.352 e. The van der Waals surface area contributed by atoms with E-state index in [0.29, 0.717) is 23.6 Å². The van der Waals surface area contributed by atoms with Gasteiger partial charge in [0.15, 0.2) is 0 Å². The summed E-state index contributed by atoms with van der Waals surface area (Å²) in [6.45, 7) is 2.41. The minimum absolute atomic E-state index is 0.0849. The van der Waals surface area contributed by atoms with Crippen molar-refractivity contribution >= 4 is 39.1 Å². The summed E-state index contributed by atoms with van der Waals surface area (Å²) in [4.78, 5) is 29.7. The summed E-state index contributed by atoms with van der Waals surface area (Å²) in [5.41, 5.74) is 3.47. The first kappa shape index (κ1) is 33.5. The fraction of sp³-hybridized carbons (Fsp3) is 0.429. The number of benzene rings is 3. The number of sulfonamides is 1. The number of rotatable bonds is 14. The summed E-state index contributed by atoms with van der Waals surface area (Å²) in [6, 6.07) is 23.9. The monoisotopic (exact) mass is 637 g/mol. The Balaban J connectivity index is 1.58. The lowest BCUT2D eigenvalue weighted by atomic mass is 9.94. The normalized spacial score (nSPS) is 14.5. The average molecular weight is 638 g/mol. The first-order valence-electron chi connectivity index (χ1n) is 15.6. The number of carbonyl (C=O) groups excluding carboxylic acids is 2. The van der Waals surface area contributed by atoms with Crippen molar-refractivity contribution in [3.63, 3.8) is 0 Å². The van der Waals surface area contributed by atoms with E-state index in [0.717, 1.165) is 48.8 Å². The van der Waals surface area contributed by atoms with Crippen LogP contribution in [-0.4, -0.2) is 50.0 Å². The van der Waals surface area contributed by atoms with Crippen molar-refractivity contribution in [3.05, 3.63) is 101 Å². The highest BCUT2D eigenvalue weighted by Crippen LogP contribution is 2.23. The fourth-order valence-corrected chi connectivity index (χ4v) is 7.01. The van der Waals surface area contributed by atoms with Crippen molar-refractivity contribution in [1.82, 2.24) is 10.2 Å². The van der Waals surface area contributed by atoms with Gasteiger partial charge in [-0.2, -0.15) is 0 Å². The lowest BCUT2D eigenvalue weighted by molar-refractivity contribution is -0.141. The Kier molecular flexibility index (Phi) is 12.3. The van der Waals surface area contributed by atoms with Crippen LogP contribution in [0.25, 0.3) is 0 Å². The summed E-state index contributed by atoms with van der Waals surface area (Å²) >= 11 is 6.30. The van der Waals surface area contributed by atoms with Crippen LogP contribution < -0.4 is 9.62 Å². The topological polar surface area (TPSA) is 86.8 Å². The zero-order valence-corrected chi connectivity index (χ0v) is 27.3. The number of anilines is 1. The smallest absolute Gasteiger partial charge is 0.243 e. The lowest BCUT2D eigenvalue weighted by Gasteiger charge is -2.34. The molecule has 0 bridgehead atoms. The molecule has 2 amide bonds. The van der Waals surface area contributed by atoms with Crippen LogP contribution in [-0.2, 0) is 39.0 Å². The van der Waals surface area contributed by atoms with Gasteiger partial charge in [-0.25, -0.2) is 8.42 Å². The van der Waals surface area contributed by atoms with E-state index in [1.165, 1.54) is 17.0 Å². The lowest BCUT2D eigenvalue weighted by Crippen LogP contribution is -2.52. The molecule has 236 valence electrons. The Hall–Kier alpha value is -3.36. The third kappa shape index (κ3) is 9.83. The molecule has 0 aromatic heterocycles. The molecule has 1 atom stereocenters. The molecule has 0 heterocycles. The zero-order valence-electron chi connectivity index (χ0n) is 25.8. The number of aryl methyl sites for hydroxylation is 1. The van der Waals surface area contributed by atoms with Crippen LogP contribution in [0.5, 0.6) is 0 Å². The third-order valence-corrected chi connectivity index (χ3v) is 9.68. The first-order chi connectivity index (χ1) is 21.1. The summed E-state index contributed by atoms with van der Waals surface area (Å²) < 4.78 is 26.8. The molecule has 0 aliphatic heterocycles. The van der Waals surface area contributed by atoms with Crippen molar-refractivity contribution in [2.45, 2.75) is 83.3 Å². The summed E-state index contributed by atoms with van der Waals surface area (Å²) in [7, 11) is -3.57. The molecular weight excluding hydrogens is 594 g/mol. The van der Waals surface area contributed by atoms with Gasteiger partial charge in [0.1, 0.15) is 6.04 Å². The van der Waals surface area contributed by atoms with Crippen molar-refractivity contribution in [2.24, 2.45) is 0 Å². The molecule has 3 aromatic rings. The zero-order chi connectivity index (χ0) is 31.5. The first-order valence-corrected chi connectivity index (χ1v) is 17.8. The van der Waals surface area contributed by atoms with Gasteiger partial charge in [-0.15, -0.1) is 0 Å². The summed E-state index contributed by atoms with van der Waals surface area (Å²) in [6.07, 6.45) is 8.00. The molecule has 9 heteroatoms. The van der Waals surface area contributed by atoms with Gasteiger partial charge in [-0.05, 0) is 66.6 Å². The molecule has 1 N–H and O–H groups in total. The number of nitrogens with one attached hydrogen (secondary N) is 1. The van der Waals surface area contributed by atoms with Crippen molar-refractivity contribution in [2.75, 3.05) is 17.1 Å². The molecule has 0 saturated heterocycles. The summed E-state index contributed by atoms with van der Waals surface area (Å²) in [5, 5.41) is 3.80. The van der Waals surface area contributed by atoms with Gasteiger partial charge < -0.3 is 10.2 Å². The molecule has 3 aromatic carbocycles. The van der Waals surface area contributed by atoms with E-state index in [1.807, 2.05) is 67.6 Å². The third-order valence-electron chi connectivity index (χ3n) is 8.25. The number of nitrogens with zero attached hydrogens (tertiary/aromatic N) is 2. The predicted molar refractivity (Wildman–Crippen MR) is 178 cm³/mol. The maximum atomic E-state index is 14.1. The van der Waals surface area contributed by atoms with Gasteiger partial charge in [-0.1, -0.05) is 92.4 Å². The molecule has 1 aliphatic rings. The molecule has 1 aliphatic carbocycles. The van der Waals surface area contributed by atoms with Gasteiger partial charge in [0.05, 0.1) is 11.9 Å². The predicted octanol–water partition coefficient (Wildman–Crippen LogP) is 6.54. The van der Waals surface area contributed by atoms with Crippen molar-refractivity contribution < 1.29 is 18.0 Å². The SMILES string of the molecule is CCc1ccc(N(CCCC(=O)N(Cc2cccc(Cl)c2)[C@H](Cc2ccccc2)C(=O)NC2CCCCC2)S(C)(=O)=O)cc1. The van der Waals surface area contributed by atoms with E-state index in [4.69, 9.17) is 11.6 Å². The van der Waals surface area contributed by atoms with Gasteiger partial charge >= 0.3 is 0 Å². The Labute approximate surface area is 267 Å². The van der Waals surface area contributed by atoms with Gasteiger partial charge in [0.25, 0.3) is 0 Å². The van der Waals surface area contributed by atoms with E-state index >= 15 is 0 Å². The number of amides is 2. The van der Waals surface area contributed by atoms with Crippen LogP contribution >= 0.6 is 11.6 Å². The Morgan fingerprint density at radius 1 is 0.909 bits per heavy atom. The van der Waals surface area contributed by atoms with Crippen LogP contribution in [0.4, 0.5) is 5.69 Å². The van der Waals surface area contributed by atoms with E-state index in [2.05, 4.69) is 5.32 Å². The molecule has 7 nitrogen and oxygen atoms in total. The summed E-state index contributed by atoms with van der Waals surface area (Å²) in [5.74, 6) is -0.371. The van der Waals surface area contributed by atoms with E-state index < -0.39 is 16.1 Å². The molecular formula is C35H44ClN3O4S. The van der Waals surface area contributed by atoms with Crippen LogP contribution in [0.15, 0.2) is 78.9 Å². The van der Waals surface area contributed by atoms with Crippen LogP contribution in [0.3, 0.4) is 0 Å². The van der Waals surface area contributed by atoms with E-state index in [1.54, 1.807) is 23.1 Å². The Morgan fingerprint density at radius 2 is 1.59 bits per heavy atom. The van der Waals surface area contributed by atoms with Gasteiger partial charge in [0.2, 0.25) is 21.8 Å². The maximum Gasteiger partial charge on any atom is 0.243 e. The van der Waals surface area contributed by atoms with Crippen LogP contribution in [0, 0.1) is 0 Å². The second kappa shape index (κ2) is 16.1.